The van der Waals surface area contributed by atoms with Gasteiger partial charge in [-0.2, -0.15) is 0 Å². The molecule has 0 radical (unpaired) electrons. The average molecular weight is 266 g/mol. The van der Waals surface area contributed by atoms with Crippen LogP contribution < -0.4 is 5.73 Å². The van der Waals surface area contributed by atoms with E-state index in [1.165, 1.54) is 11.3 Å². The first kappa shape index (κ1) is 13.6. The highest BCUT2D eigenvalue weighted by molar-refractivity contribution is 7.14. The lowest BCUT2D eigenvalue weighted by Crippen LogP contribution is -2.51. The van der Waals surface area contributed by atoms with Crippen molar-refractivity contribution in [2.45, 2.75) is 39.2 Å². The third kappa shape index (κ3) is 2.59. The fourth-order valence-corrected chi connectivity index (χ4v) is 3.59. The van der Waals surface area contributed by atoms with Crippen molar-refractivity contribution in [3.63, 3.8) is 0 Å². The second-order valence-electron chi connectivity index (χ2n) is 5.04. The number of nitrogens with two attached hydrogens (primary N) is 1. The first-order valence-corrected chi connectivity index (χ1v) is 7.58. The Morgan fingerprint density at radius 2 is 2.33 bits per heavy atom. The minimum Gasteiger partial charge on any atom is -0.333 e. The highest BCUT2D eigenvalue weighted by atomic mass is 32.1. The molecule has 18 heavy (non-hydrogen) atoms. The van der Waals surface area contributed by atoms with Crippen LogP contribution in [0.1, 0.15) is 41.2 Å². The third-order valence-electron chi connectivity index (χ3n) is 3.84. The summed E-state index contributed by atoms with van der Waals surface area (Å²) in [7, 11) is 0. The van der Waals surface area contributed by atoms with Gasteiger partial charge < -0.3 is 10.6 Å². The SMILES string of the molecule is CCc1ccc(C(=O)N2CCC[C@H](C)[C@H]2CN)s1. The summed E-state index contributed by atoms with van der Waals surface area (Å²) in [5.41, 5.74) is 5.84. The van der Waals surface area contributed by atoms with Crippen LogP contribution in [0.2, 0.25) is 0 Å². The van der Waals surface area contributed by atoms with Gasteiger partial charge in [-0.1, -0.05) is 13.8 Å². The van der Waals surface area contributed by atoms with Crippen molar-refractivity contribution in [1.29, 1.82) is 0 Å². The number of nitrogens with zero attached hydrogens (tertiary/aromatic N) is 1. The maximum absolute atomic E-state index is 12.5. The first-order valence-electron chi connectivity index (χ1n) is 6.77. The summed E-state index contributed by atoms with van der Waals surface area (Å²) in [4.78, 5) is 16.6. The number of likely N-dealkylation sites (tertiary alicyclic amines) is 1. The van der Waals surface area contributed by atoms with E-state index in [9.17, 15) is 4.79 Å². The number of thiophene rings is 1. The van der Waals surface area contributed by atoms with Crippen molar-refractivity contribution in [2.75, 3.05) is 13.1 Å². The quantitative estimate of drug-likeness (QED) is 0.913. The zero-order chi connectivity index (χ0) is 13.1. The summed E-state index contributed by atoms with van der Waals surface area (Å²) < 4.78 is 0. The zero-order valence-electron chi connectivity index (χ0n) is 11.2. The minimum absolute atomic E-state index is 0.168. The number of piperidine rings is 1. The molecule has 0 unspecified atom stereocenters. The Morgan fingerprint density at radius 3 is 2.94 bits per heavy atom. The topological polar surface area (TPSA) is 46.3 Å². The van der Waals surface area contributed by atoms with E-state index in [1.807, 2.05) is 11.0 Å². The Morgan fingerprint density at radius 1 is 1.56 bits per heavy atom. The largest absolute Gasteiger partial charge is 0.333 e. The van der Waals surface area contributed by atoms with Crippen LogP contribution in [0.3, 0.4) is 0 Å². The molecule has 100 valence electrons. The van der Waals surface area contributed by atoms with Gasteiger partial charge in [0.05, 0.1) is 4.88 Å². The second-order valence-corrected chi connectivity index (χ2v) is 6.21. The molecule has 0 spiro atoms. The Bertz CT molecular complexity index is 416. The molecular formula is C14H22N2OS. The van der Waals surface area contributed by atoms with E-state index in [4.69, 9.17) is 5.73 Å². The zero-order valence-corrected chi connectivity index (χ0v) is 12.0. The molecule has 1 fully saturated rings. The van der Waals surface area contributed by atoms with Gasteiger partial charge in [-0.3, -0.25) is 4.79 Å². The summed E-state index contributed by atoms with van der Waals surface area (Å²) in [5, 5.41) is 0. The van der Waals surface area contributed by atoms with E-state index in [-0.39, 0.29) is 11.9 Å². The summed E-state index contributed by atoms with van der Waals surface area (Å²) >= 11 is 1.62. The number of hydrogen-bond acceptors (Lipinski definition) is 3. The van der Waals surface area contributed by atoms with E-state index < -0.39 is 0 Å². The van der Waals surface area contributed by atoms with Crippen molar-refractivity contribution in [3.8, 4) is 0 Å². The van der Waals surface area contributed by atoms with Gasteiger partial charge in [0.25, 0.3) is 5.91 Å². The van der Waals surface area contributed by atoms with Gasteiger partial charge in [0.1, 0.15) is 0 Å². The summed E-state index contributed by atoms with van der Waals surface area (Å²) in [6.45, 7) is 5.73. The Labute approximate surface area is 113 Å². The highest BCUT2D eigenvalue weighted by Crippen LogP contribution is 2.26. The summed E-state index contributed by atoms with van der Waals surface area (Å²) in [6, 6.07) is 4.22. The molecule has 1 saturated heterocycles. The molecule has 0 aliphatic carbocycles. The lowest BCUT2D eigenvalue weighted by atomic mass is 9.90. The van der Waals surface area contributed by atoms with Crippen LogP contribution in [0.5, 0.6) is 0 Å². The van der Waals surface area contributed by atoms with Crippen LogP contribution in [-0.2, 0) is 6.42 Å². The van der Waals surface area contributed by atoms with Crippen LogP contribution in [0.15, 0.2) is 12.1 Å². The molecule has 1 aromatic heterocycles. The van der Waals surface area contributed by atoms with Gasteiger partial charge in [-0.25, -0.2) is 0 Å². The normalized spacial score (nSPS) is 24.3. The molecule has 0 aromatic carbocycles. The number of carbonyl (C=O) groups is 1. The average Bonchev–Trinajstić information content (AvgIpc) is 2.86. The van der Waals surface area contributed by atoms with Crippen LogP contribution in [0.4, 0.5) is 0 Å². The summed E-state index contributed by atoms with van der Waals surface area (Å²) in [5.74, 6) is 0.681. The molecule has 2 rings (SSSR count). The van der Waals surface area contributed by atoms with Gasteiger partial charge in [-0.15, -0.1) is 11.3 Å². The molecule has 0 bridgehead atoms. The molecule has 0 saturated carbocycles. The summed E-state index contributed by atoms with van der Waals surface area (Å²) in [6.07, 6.45) is 3.26. The molecular weight excluding hydrogens is 244 g/mol. The van der Waals surface area contributed by atoms with Gasteiger partial charge in [0.2, 0.25) is 0 Å². The van der Waals surface area contributed by atoms with Gasteiger partial charge in [0.15, 0.2) is 0 Å². The van der Waals surface area contributed by atoms with E-state index >= 15 is 0 Å². The monoisotopic (exact) mass is 266 g/mol. The first-order chi connectivity index (χ1) is 8.67. The Balaban J connectivity index is 2.16. The van der Waals surface area contributed by atoms with Crippen molar-refractivity contribution in [1.82, 2.24) is 4.90 Å². The number of amides is 1. The van der Waals surface area contributed by atoms with Gasteiger partial charge in [0, 0.05) is 24.0 Å². The maximum atomic E-state index is 12.5. The van der Waals surface area contributed by atoms with Crippen molar-refractivity contribution < 1.29 is 4.79 Å². The van der Waals surface area contributed by atoms with Crippen LogP contribution in [0.25, 0.3) is 0 Å². The molecule has 2 atom stereocenters. The van der Waals surface area contributed by atoms with Crippen molar-refractivity contribution >= 4 is 17.2 Å². The van der Waals surface area contributed by atoms with Gasteiger partial charge in [-0.05, 0) is 37.3 Å². The second kappa shape index (κ2) is 5.85. The standard InChI is InChI=1S/C14H22N2OS/c1-3-11-6-7-13(18-11)14(17)16-8-4-5-10(2)12(16)9-15/h6-7,10,12H,3-5,8-9,15H2,1-2H3/t10-,12+/m0/s1. The molecule has 2 heterocycles. The lowest BCUT2D eigenvalue weighted by molar-refractivity contribution is 0.0537. The fraction of sp³-hybridized carbons (Fsp3) is 0.643. The van der Waals surface area contributed by atoms with E-state index in [1.54, 1.807) is 11.3 Å². The predicted octanol–water partition coefficient (Wildman–Crippen LogP) is 2.51. The third-order valence-corrected chi connectivity index (χ3v) is 5.06. The van der Waals surface area contributed by atoms with E-state index in [0.29, 0.717) is 12.5 Å². The highest BCUT2D eigenvalue weighted by Gasteiger charge is 2.31. The smallest absolute Gasteiger partial charge is 0.264 e. The van der Waals surface area contributed by atoms with Crippen LogP contribution >= 0.6 is 11.3 Å². The number of hydrogen-bond donors (Lipinski definition) is 1. The van der Waals surface area contributed by atoms with E-state index in [0.717, 1.165) is 24.3 Å². The number of carbonyl (C=O) groups excluding carboxylic acids is 1. The van der Waals surface area contributed by atoms with Gasteiger partial charge >= 0.3 is 0 Å². The number of aryl methyl sites for hydroxylation is 1. The van der Waals surface area contributed by atoms with Crippen LogP contribution in [-0.4, -0.2) is 29.9 Å². The molecule has 1 aliphatic rings. The Kier molecular flexibility index (Phi) is 4.40. The molecule has 4 heteroatoms. The molecule has 1 aliphatic heterocycles. The molecule has 3 nitrogen and oxygen atoms in total. The molecule has 1 amide bonds. The van der Waals surface area contributed by atoms with Crippen molar-refractivity contribution in [3.05, 3.63) is 21.9 Å². The predicted molar refractivity (Wildman–Crippen MR) is 76.0 cm³/mol. The fourth-order valence-electron chi connectivity index (χ4n) is 2.69. The molecule has 1 aromatic rings. The van der Waals surface area contributed by atoms with E-state index in [2.05, 4.69) is 19.9 Å². The minimum atomic E-state index is 0.168. The Hall–Kier alpha value is -0.870. The number of rotatable bonds is 3. The molecule has 2 N–H and O–H groups in total. The van der Waals surface area contributed by atoms with Crippen molar-refractivity contribution in [2.24, 2.45) is 11.7 Å². The maximum Gasteiger partial charge on any atom is 0.264 e. The lowest BCUT2D eigenvalue weighted by Gasteiger charge is -2.39. The van der Waals surface area contributed by atoms with Crippen LogP contribution in [0, 0.1) is 5.92 Å².